The number of aromatic nitrogens is 3. The van der Waals surface area contributed by atoms with Crippen LogP contribution in [0.2, 0.25) is 0 Å². The molecule has 44 heavy (non-hydrogen) atoms. The van der Waals surface area contributed by atoms with Gasteiger partial charge >= 0.3 is 7.82 Å². The molecule has 0 spiro atoms. The normalized spacial score (nSPS) is 14.9. The summed E-state index contributed by atoms with van der Waals surface area (Å²) in [6.07, 6.45) is 1.36. The van der Waals surface area contributed by atoms with Gasteiger partial charge in [-0.1, -0.05) is 48.5 Å². The fourth-order valence-corrected chi connectivity index (χ4v) is 5.02. The van der Waals surface area contributed by atoms with Crippen molar-refractivity contribution < 1.29 is 37.2 Å². The van der Waals surface area contributed by atoms with Crippen molar-refractivity contribution in [3.63, 3.8) is 0 Å². The van der Waals surface area contributed by atoms with Crippen LogP contribution < -0.4 is 10.6 Å². The minimum Gasteiger partial charge on any atom is -0.322 e. The van der Waals surface area contributed by atoms with Gasteiger partial charge < -0.3 is 20.4 Å². The van der Waals surface area contributed by atoms with Gasteiger partial charge in [-0.15, -0.1) is 0 Å². The topological polar surface area (TPSA) is 168 Å². The largest absolute Gasteiger partial charge is 0.469 e. The predicted molar refractivity (Wildman–Crippen MR) is 154 cm³/mol. The number of benzene rings is 3. The van der Waals surface area contributed by atoms with Crippen molar-refractivity contribution in [3.05, 3.63) is 119 Å². The number of hydrogen-bond donors (Lipinski definition) is 4. The lowest BCUT2D eigenvalue weighted by atomic mass is 10.0. The van der Waals surface area contributed by atoms with E-state index in [9.17, 15) is 18.5 Å². The lowest BCUT2D eigenvalue weighted by molar-refractivity contribution is -0.117. The average Bonchev–Trinajstić information content (AvgIpc) is 3.32. The first-order valence-electron chi connectivity index (χ1n) is 12.9. The van der Waals surface area contributed by atoms with Gasteiger partial charge in [0.05, 0.1) is 18.0 Å². The molecule has 12 nitrogen and oxygen atoms in total. The number of anilines is 1. The van der Waals surface area contributed by atoms with E-state index in [0.29, 0.717) is 11.1 Å². The molecule has 0 bridgehead atoms. The first kappa shape index (κ1) is 29.0. The lowest BCUT2D eigenvalue weighted by Crippen LogP contribution is -2.42. The number of carbonyl (C=O) groups is 2. The first-order valence-corrected chi connectivity index (χ1v) is 14.5. The summed E-state index contributed by atoms with van der Waals surface area (Å²) < 4.78 is 46.9. The fourth-order valence-electron chi connectivity index (χ4n) is 4.70. The van der Waals surface area contributed by atoms with E-state index >= 15 is 4.39 Å². The van der Waals surface area contributed by atoms with Crippen LogP contribution in [0.15, 0.2) is 90.2 Å². The van der Waals surface area contributed by atoms with Crippen LogP contribution in [-0.4, -0.2) is 48.1 Å². The molecule has 1 aliphatic heterocycles. The van der Waals surface area contributed by atoms with E-state index in [0.717, 1.165) is 6.07 Å². The van der Waals surface area contributed by atoms with Crippen LogP contribution in [0.1, 0.15) is 27.0 Å². The van der Waals surface area contributed by atoms with Crippen molar-refractivity contribution in [2.24, 2.45) is 4.99 Å². The number of aliphatic imine (C=N–C) groups is 1. The Morgan fingerprint density at radius 3 is 2.57 bits per heavy atom. The summed E-state index contributed by atoms with van der Waals surface area (Å²) in [6.45, 7) is -0.566. The number of phosphoric acid groups is 1. The van der Waals surface area contributed by atoms with Gasteiger partial charge in [0.2, 0.25) is 6.17 Å². The Hall–Kier alpha value is -5.14. The number of fused-ring (bicyclic) bond motifs is 2. The van der Waals surface area contributed by atoms with E-state index in [1.807, 2.05) is 0 Å². The Morgan fingerprint density at radius 1 is 1.02 bits per heavy atom. The summed E-state index contributed by atoms with van der Waals surface area (Å²) in [6, 6.07) is 18.2. The zero-order chi connectivity index (χ0) is 31.0. The Morgan fingerprint density at radius 2 is 1.82 bits per heavy atom. The second-order valence-corrected chi connectivity index (χ2v) is 10.8. The maximum Gasteiger partial charge on any atom is 0.469 e. The second kappa shape index (κ2) is 11.5. The molecule has 6 rings (SSSR count). The molecule has 3 heterocycles. The number of halogens is 2. The Balaban J connectivity index is 1.40. The highest BCUT2D eigenvalue weighted by atomic mass is 31.2. The van der Waals surface area contributed by atoms with Gasteiger partial charge in [0.25, 0.3) is 11.8 Å². The molecule has 1 aliphatic rings. The van der Waals surface area contributed by atoms with Crippen LogP contribution in [0.3, 0.4) is 0 Å². The van der Waals surface area contributed by atoms with Crippen molar-refractivity contribution >= 4 is 36.7 Å². The summed E-state index contributed by atoms with van der Waals surface area (Å²) in [7, 11) is -4.79. The molecule has 2 aromatic heterocycles. The molecule has 1 atom stereocenters. The van der Waals surface area contributed by atoms with Crippen molar-refractivity contribution in [1.82, 2.24) is 19.9 Å². The van der Waals surface area contributed by atoms with Crippen LogP contribution in [-0.2, 0) is 20.5 Å². The van der Waals surface area contributed by atoms with Gasteiger partial charge in [0.15, 0.2) is 5.65 Å². The fraction of sp³-hybridized carbons (Fsp3) is 0.0690. The molecule has 2 amide bonds. The van der Waals surface area contributed by atoms with E-state index < -0.39 is 44.0 Å². The molecule has 0 saturated heterocycles. The molecule has 4 N–H and O–H groups in total. The predicted octanol–water partition coefficient (Wildman–Crippen LogP) is 3.83. The minimum atomic E-state index is -4.79. The number of hydrogen-bond acceptors (Lipinski definition) is 7. The van der Waals surface area contributed by atoms with Gasteiger partial charge in [0.1, 0.15) is 22.9 Å². The van der Waals surface area contributed by atoms with Gasteiger partial charge in [-0.05, 0) is 29.8 Å². The van der Waals surface area contributed by atoms with Gasteiger partial charge in [0, 0.05) is 29.1 Å². The second-order valence-electron chi connectivity index (χ2n) is 9.56. The molecule has 0 unspecified atom stereocenters. The van der Waals surface area contributed by atoms with Crippen molar-refractivity contribution in [2.45, 2.75) is 12.8 Å². The third-order valence-corrected chi connectivity index (χ3v) is 7.11. The molecule has 0 radical (unpaired) electrons. The monoisotopic (exact) mass is 618 g/mol. The highest BCUT2D eigenvalue weighted by Gasteiger charge is 2.32. The van der Waals surface area contributed by atoms with Crippen LogP contribution in [0, 0.1) is 11.6 Å². The van der Waals surface area contributed by atoms with Crippen LogP contribution in [0.25, 0.3) is 16.9 Å². The molecule has 5 aromatic rings. The molecule has 0 fully saturated rings. The van der Waals surface area contributed by atoms with Crippen LogP contribution >= 0.6 is 7.82 Å². The van der Waals surface area contributed by atoms with E-state index in [1.165, 1.54) is 41.2 Å². The molecule has 0 saturated carbocycles. The van der Waals surface area contributed by atoms with Crippen molar-refractivity contribution in [1.29, 1.82) is 0 Å². The molecular weight excluding hydrogens is 597 g/mol. The molecular formula is C29H21F2N6O6P. The molecule has 15 heteroatoms. The molecule has 222 valence electrons. The first-order chi connectivity index (χ1) is 21.1. The summed E-state index contributed by atoms with van der Waals surface area (Å²) in [5.74, 6) is -3.24. The van der Waals surface area contributed by atoms with E-state index in [1.54, 1.807) is 42.5 Å². The summed E-state index contributed by atoms with van der Waals surface area (Å²) in [5, 5.41) is 9.39. The Kier molecular flexibility index (Phi) is 7.57. The molecule has 0 aliphatic carbocycles. The average molecular weight is 618 g/mol. The summed E-state index contributed by atoms with van der Waals surface area (Å²) in [5.41, 5.74) is 0.756. The number of para-hydroxylation sites is 1. The highest BCUT2D eigenvalue weighted by molar-refractivity contribution is 7.46. The summed E-state index contributed by atoms with van der Waals surface area (Å²) in [4.78, 5) is 53.8. The Bertz CT molecular complexity index is 2010. The number of carbonyl (C=O) groups excluding carboxylic acids is 2. The third kappa shape index (κ3) is 5.74. The zero-order valence-corrected chi connectivity index (χ0v) is 23.3. The van der Waals surface area contributed by atoms with Gasteiger partial charge in [-0.25, -0.2) is 27.8 Å². The van der Waals surface area contributed by atoms with Crippen molar-refractivity contribution in [2.75, 3.05) is 5.32 Å². The smallest absolute Gasteiger partial charge is 0.322 e. The molecule has 3 aromatic carbocycles. The van der Waals surface area contributed by atoms with Crippen LogP contribution in [0.4, 0.5) is 14.5 Å². The quantitative estimate of drug-likeness (QED) is 0.200. The van der Waals surface area contributed by atoms with Gasteiger partial charge in [-0.2, -0.15) is 5.10 Å². The number of amides is 2. The standard InChI is InChI=1S/C29H21F2N6O6P/c30-20-9-4-8-19-23(17-6-2-1-3-7-17)33-26(29(39)34-24(19)20)35-28(38)22-25(36-37-13-5-12-32-27(22)37)18-11-10-16(14-21(18)31)15-43-44(40,41)42/h1-14,26H,15H2,(H,34,39)(H,35,38)(H2,40,41,42)/t26-/m1/s1. The summed E-state index contributed by atoms with van der Waals surface area (Å²) >= 11 is 0. The van der Waals surface area contributed by atoms with E-state index in [-0.39, 0.29) is 39.4 Å². The van der Waals surface area contributed by atoms with Gasteiger partial charge in [-0.3, -0.25) is 14.1 Å². The zero-order valence-electron chi connectivity index (χ0n) is 22.4. The van der Waals surface area contributed by atoms with Crippen molar-refractivity contribution in [3.8, 4) is 11.3 Å². The number of rotatable bonds is 7. The number of phosphoric ester groups is 1. The number of nitrogens with one attached hydrogen (secondary N) is 2. The Labute approximate surface area is 247 Å². The number of benzodiazepines with no additional fused rings is 1. The maximum absolute atomic E-state index is 15.4. The van der Waals surface area contributed by atoms with Crippen LogP contribution in [0.5, 0.6) is 0 Å². The lowest BCUT2D eigenvalue weighted by Gasteiger charge is -2.14. The van der Waals surface area contributed by atoms with E-state index in [2.05, 4.69) is 30.2 Å². The number of nitrogens with zero attached hydrogens (tertiary/aromatic N) is 4. The third-order valence-electron chi connectivity index (χ3n) is 6.65. The highest BCUT2D eigenvalue weighted by Crippen LogP contribution is 2.37. The van der Waals surface area contributed by atoms with E-state index in [4.69, 9.17) is 9.79 Å². The maximum atomic E-state index is 15.4. The minimum absolute atomic E-state index is 0.0453. The SMILES string of the molecule is O=C(N[C@H]1N=C(c2ccccc2)c2cccc(F)c2NC1=O)c1c(-c2ccc(COP(=O)(O)O)cc2F)nn2cccnc12.